The summed E-state index contributed by atoms with van der Waals surface area (Å²) >= 11 is 0. The fourth-order valence-corrected chi connectivity index (χ4v) is 1.27. The summed E-state index contributed by atoms with van der Waals surface area (Å²) < 4.78 is 59.9. The van der Waals surface area contributed by atoms with Gasteiger partial charge in [-0.2, -0.15) is 21.6 Å². The van der Waals surface area contributed by atoms with E-state index < -0.39 is 35.1 Å². The van der Waals surface area contributed by atoms with Crippen LogP contribution in [0.1, 0.15) is 6.42 Å². The molecule has 0 aliphatic carbocycles. The number of hydrogen-bond donors (Lipinski definition) is 0. The van der Waals surface area contributed by atoms with Gasteiger partial charge in [0.15, 0.2) is 0 Å². The van der Waals surface area contributed by atoms with E-state index in [-0.39, 0.29) is 0 Å². The van der Waals surface area contributed by atoms with Crippen molar-refractivity contribution in [2.75, 3.05) is 12.4 Å². The van der Waals surface area contributed by atoms with E-state index in [9.17, 15) is 21.6 Å². The van der Waals surface area contributed by atoms with Crippen molar-refractivity contribution < 1.29 is 25.8 Å². The summed E-state index contributed by atoms with van der Waals surface area (Å²) in [4.78, 5) is 0. The Morgan fingerprint density at radius 3 is 2.31 bits per heavy atom. The second-order valence-electron chi connectivity index (χ2n) is 2.09. The zero-order chi connectivity index (χ0) is 10.5. The standard InChI is InChI=1S/C6H7F3O3S/c1-2-4-12-13(10,11)5-3-6(7,8)9/h1H,3-5H2. The van der Waals surface area contributed by atoms with Gasteiger partial charge in [-0.1, -0.05) is 5.92 Å². The molecule has 0 aromatic heterocycles. The molecule has 0 spiro atoms. The van der Waals surface area contributed by atoms with Gasteiger partial charge in [-0.3, -0.25) is 4.18 Å². The maximum absolute atomic E-state index is 11.5. The minimum atomic E-state index is -4.51. The van der Waals surface area contributed by atoms with Gasteiger partial charge in [0.1, 0.15) is 6.61 Å². The third-order valence-electron chi connectivity index (χ3n) is 0.957. The SMILES string of the molecule is C#CCOS(=O)(=O)CCC(F)(F)F. The molecule has 0 aliphatic rings. The van der Waals surface area contributed by atoms with Crippen molar-refractivity contribution in [3.05, 3.63) is 0 Å². The van der Waals surface area contributed by atoms with Crippen molar-refractivity contribution >= 4 is 10.1 Å². The summed E-state index contributed by atoms with van der Waals surface area (Å²) in [5.74, 6) is 0.739. The van der Waals surface area contributed by atoms with Crippen LogP contribution in [0, 0.1) is 12.3 Å². The largest absolute Gasteiger partial charge is 0.390 e. The summed E-state index contributed by atoms with van der Waals surface area (Å²) in [5, 5.41) is 0. The van der Waals surface area contributed by atoms with Crippen molar-refractivity contribution in [1.82, 2.24) is 0 Å². The lowest BCUT2D eigenvalue weighted by Gasteiger charge is -2.05. The van der Waals surface area contributed by atoms with E-state index in [2.05, 4.69) is 10.6 Å². The average Bonchev–Trinajstić information content (AvgIpc) is 1.97. The lowest BCUT2D eigenvalue weighted by atomic mass is 10.5. The Balaban J connectivity index is 4.00. The minimum absolute atomic E-state index is 0.541. The third-order valence-corrected chi connectivity index (χ3v) is 2.14. The van der Waals surface area contributed by atoms with Gasteiger partial charge in [-0.05, 0) is 0 Å². The smallest absolute Gasteiger partial charge is 0.257 e. The van der Waals surface area contributed by atoms with Crippen LogP contribution in [0.25, 0.3) is 0 Å². The van der Waals surface area contributed by atoms with Crippen LogP contribution >= 0.6 is 0 Å². The molecule has 0 saturated carbocycles. The van der Waals surface area contributed by atoms with Crippen LogP contribution in [0.2, 0.25) is 0 Å². The summed E-state index contributed by atoms with van der Waals surface area (Å²) in [6.45, 7) is -0.541. The van der Waals surface area contributed by atoms with Crippen molar-refractivity contribution in [2.24, 2.45) is 0 Å². The molecule has 0 atom stereocenters. The molecule has 0 bridgehead atoms. The highest BCUT2D eigenvalue weighted by Gasteiger charge is 2.30. The predicted octanol–water partition coefficient (Wildman–Crippen LogP) is 0.918. The molecule has 0 N–H and O–H groups in total. The first-order valence-electron chi connectivity index (χ1n) is 3.14. The van der Waals surface area contributed by atoms with Crippen LogP contribution in [-0.2, 0) is 14.3 Å². The molecule has 7 heteroatoms. The van der Waals surface area contributed by atoms with Crippen molar-refractivity contribution in [1.29, 1.82) is 0 Å². The highest BCUT2D eigenvalue weighted by Crippen LogP contribution is 2.20. The summed E-state index contributed by atoms with van der Waals surface area (Å²) in [5.41, 5.74) is 0. The highest BCUT2D eigenvalue weighted by atomic mass is 32.2. The van der Waals surface area contributed by atoms with Crippen LogP contribution in [-0.4, -0.2) is 27.0 Å². The van der Waals surface area contributed by atoms with Crippen molar-refractivity contribution in [3.63, 3.8) is 0 Å². The van der Waals surface area contributed by atoms with Gasteiger partial charge in [0.05, 0.1) is 12.2 Å². The van der Waals surface area contributed by atoms with E-state index in [1.165, 1.54) is 0 Å². The predicted molar refractivity (Wildman–Crippen MR) is 39.2 cm³/mol. The first-order chi connectivity index (χ1) is 5.77. The number of hydrogen-bond acceptors (Lipinski definition) is 3. The topological polar surface area (TPSA) is 43.4 Å². The molecule has 3 nitrogen and oxygen atoms in total. The first kappa shape index (κ1) is 12.3. The molecule has 0 rings (SSSR count). The van der Waals surface area contributed by atoms with Crippen molar-refractivity contribution in [3.8, 4) is 12.3 Å². The first-order valence-corrected chi connectivity index (χ1v) is 4.72. The molecular weight excluding hydrogens is 209 g/mol. The highest BCUT2D eigenvalue weighted by molar-refractivity contribution is 7.86. The van der Waals surface area contributed by atoms with E-state index in [0.717, 1.165) is 0 Å². The van der Waals surface area contributed by atoms with Gasteiger partial charge in [-0.25, -0.2) is 0 Å². The van der Waals surface area contributed by atoms with E-state index in [4.69, 9.17) is 0 Å². The van der Waals surface area contributed by atoms with Gasteiger partial charge in [0.2, 0.25) is 0 Å². The van der Waals surface area contributed by atoms with Crippen LogP contribution in [0.15, 0.2) is 0 Å². The quantitative estimate of drug-likeness (QED) is 0.518. The monoisotopic (exact) mass is 216 g/mol. The van der Waals surface area contributed by atoms with E-state index >= 15 is 0 Å². The zero-order valence-corrected chi connectivity index (χ0v) is 7.28. The Kier molecular flexibility index (Phi) is 4.23. The number of terminal acetylenes is 1. The Labute approximate surface area is 74.0 Å². The summed E-state index contributed by atoms with van der Waals surface area (Å²) in [7, 11) is -4.14. The maximum atomic E-state index is 11.5. The van der Waals surface area contributed by atoms with Gasteiger partial charge >= 0.3 is 6.18 Å². The Morgan fingerprint density at radius 1 is 1.38 bits per heavy atom. The summed E-state index contributed by atoms with van der Waals surface area (Å²) in [6.07, 6.45) is -1.28. The van der Waals surface area contributed by atoms with Gasteiger partial charge in [-0.15, -0.1) is 6.42 Å². The Hall–Kier alpha value is -0.740. The molecule has 0 radical (unpaired) electrons. The number of alkyl halides is 3. The molecule has 0 aliphatic heterocycles. The van der Waals surface area contributed by atoms with Crippen LogP contribution < -0.4 is 0 Å². The Bertz CT molecular complexity index is 285. The fraction of sp³-hybridized carbons (Fsp3) is 0.667. The van der Waals surface area contributed by atoms with Crippen LogP contribution in [0.5, 0.6) is 0 Å². The molecule has 0 aromatic rings. The van der Waals surface area contributed by atoms with Crippen molar-refractivity contribution in [2.45, 2.75) is 12.6 Å². The van der Waals surface area contributed by atoms with Crippen LogP contribution in [0.3, 0.4) is 0 Å². The lowest BCUT2D eigenvalue weighted by molar-refractivity contribution is -0.130. The minimum Gasteiger partial charge on any atom is -0.257 e. The molecule has 0 heterocycles. The average molecular weight is 216 g/mol. The van der Waals surface area contributed by atoms with Gasteiger partial charge in [0, 0.05) is 0 Å². The second-order valence-corrected chi connectivity index (χ2v) is 3.85. The molecule has 0 aromatic carbocycles. The molecular formula is C6H7F3O3S. The van der Waals surface area contributed by atoms with E-state index in [1.807, 2.05) is 5.92 Å². The Morgan fingerprint density at radius 2 is 1.92 bits per heavy atom. The van der Waals surface area contributed by atoms with E-state index in [0.29, 0.717) is 0 Å². The fourth-order valence-electron chi connectivity index (χ4n) is 0.423. The molecule has 0 fully saturated rings. The molecule has 0 saturated heterocycles. The van der Waals surface area contributed by atoms with Gasteiger partial charge in [0.25, 0.3) is 10.1 Å². The third kappa shape index (κ3) is 7.62. The van der Waals surface area contributed by atoms with Crippen LogP contribution in [0.4, 0.5) is 13.2 Å². The van der Waals surface area contributed by atoms with E-state index in [1.54, 1.807) is 0 Å². The molecule has 0 unspecified atom stereocenters. The zero-order valence-electron chi connectivity index (χ0n) is 6.47. The molecule has 13 heavy (non-hydrogen) atoms. The second kappa shape index (κ2) is 4.48. The van der Waals surface area contributed by atoms with Gasteiger partial charge < -0.3 is 0 Å². The number of halogens is 3. The maximum Gasteiger partial charge on any atom is 0.390 e. The number of rotatable bonds is 4. The lowest BCUT2D eigenvalue weighted by Crippen LogP contribution is -2.18. The normalized spacial score (nSPS) is 12.5. The molecule has 76 valence electrons. The summed E-state index contributed by atoms with van der Waals surface area (Å²) in [6, 6.07) is 0. The molecule has 0 amide bonds.